The predicted octanol–water partition coefficient (Wildman–Crippen LogP) is 3.27. The molecule has 1 aromatic heterocycles. The van der Waals surface area contributed by atoms with E-state index in [9.17, 15) is 9.59 Å². The van der Waals surface area contributed by atoms with E-state index in [1.54, 1.807) is 11.4 Å². The van der Waals surface area contributed by atoms with Crippen molar-refractivity contribution in [2.24, 2.45) is 0 Å². The van der Waals surface area contributed by atoms with Crippen LogP contribution in [-0.4, -0.2) is 18.4 Å². The van der Waals surface area contributed by atoms with Gasteiger partial charge in [-0.2, -0.15) is 11.3 Å². The van der Waals surface area contributed by atoms with Crippen molar-refractivity contribution >= 4 is 44.8 Å². The van der Waals surface area contributed by atoms with Crippen LogP contribution in [0.1, 0.15) is 16.8 Å². The summed E-state index contributed by atoms with van der Waals surface area (Å²) in [6.45, 7) is 0.310. The molecule has 0 aliphatic carbocycles. The number of carbonyl (C=O) groups excluding carboxylic acids is 2. The number of halogens is 1. The lowest BCUT2D eigenvalue weighted by molar-refractivity contribution is -0.116. The average molecular weight is 353 g/mol. The molecule has 0 saturated carbocycles. The van der Waals surface area contributed by atoms with Gasteiger partial charge in [0.2, 0.25) is 5.91 Å². The third kappa shape index (κ3) is 4.18. The molecule has 2 aromatic rings. The van der Waals surface area contributed by atoms with Crippen LogP contribution in [0.3, 0.4) is 0 Å². The average Bonchev–Trinajstić information content (AvgIpc) is 2.95. The van der Waals surface area contributed by atoms with Gasteiger partial charge < -0.3 is 10.6 Å². The second-order valence-corrected chi connectivity index (χ2v) is 5.68. The largest absolute Gasteiger partial charge is 0.351 e. The Balaban J connectivity index is 1.76. The molecule has 0 unspecified atom stereocenters. The number of para-hydroxylation sites is 1. The first kappa shape index (κ1) is 14.7. The van der Waals surface area contributed by atoms with E-state index in [2.05, 4.69) is 26.6 Å². The molecule has 2 rings (SSSR count). The van der Waals surface area contributed by atoms with Crippen LogP contribution in [0.15, 0.2) is 45.6 Å². The molecule has 0 atom stereocenters. The number of hydrogen-bond acceptors (Lipinski definition) is 3. The summed E-state index contributed by atoms with van der Waals surface area (Å²) in [4.78, 5) is 23.4. The summed E-state index contributed by atoms with van der Waals surface area (Å²) in [7, 11) is 0. The van der Waals surface area contributed by atoms with Gasteiger partial charge in [0.25, 0.3) is 5.91 Å². The second kappa shape index (κ2) is 7.21. The summed E-state index contributed by atoms with van der Waals surface area (Å²) in [6, 6.07) is 9.14. The Hall–Kier alpha value is -1.66. The minimum Gasteiger partial charge on any atom is -0.351 e. The Kier molecular flexibility index (Phi) is 5.31. The van der Waals surface area contributed by atoms with Gasteiger partial charge in [0, 0.05) is 28.4 Å². The first-order chi connectivity index (χ1) is 9.66. The van der Waals surface area contributed by atoms with Gasteiger partial charge in [0.15, 0.2) is 0 Å². The van der Waals surface area contributed by atoms with Crippen LogP contribution in [0, 0.1) is 0 Å². The lowest BCUT2D eigenvalue weighted by Crippen LogP contribution is -2.27. The molecule has 0 fully saturated rings. The van der Waals surface area contributed by atoms with Gasteiger partial charge in [0.1, 0.15) is 0 Å². The van der Waals surface area contributed by atoms with Gasteiger partial charge in [-0.15, -0.1) is 0 Å². The van der Waals surface area contributed by atoms with Crippen molar-refractivity contribution in [1.29, 1.82) is 0 Å². The van der Waals surface area contributed by atoms with Crippen molar-refractivity contribution in [1.82, 2.24) is 5.32 Å². The molecule has 2 N–H and O–H groups in total. The maximum atomic E-state index is 11.8. The monoisotopic (exact) mass is 352 g/mol. The van der Waals surface area contributed by atoms with Crippen molar-refractivity contribution in [3.8, 4) is 0 Å². The van der Waals surface area contributed by atoms with Crippen LogP contribution < -0.4 is 10.6 Å². The number of carbonyl (C=O) groups is 2. The maximum Gasteiger partial charge on any atom is 0.252 e. The zero-order valence-electron chi connectivity index (χ0n) is 10.6. The van der Waals surface area contributed by atoms with Crippen LogP contribution in [0.25, 0.3) is 0 Å². The topological polar surface area (TPSA) is 58.2 Å². The van der Waals surface area contributed by atoms with Crippen LogP contribution in [0.5, 0.6) is 0 Å². The fraction of sp³-hybridized carbons (Fsp3) is 0.143. The van der Waals surface area contributed by atoms with Crippen molar-refractivity contribution in [3.05, 3.63) is 51.1 Å². The van der Waals surface area contributed by atoms with E-state index in [1.807, 2.05) is 29.6 Å². The van der Waals surface area contributed by atoms with Crippen LogP contribution in [-0.2, 0) is 4.79 Å². The van der Waals surface area contributed by atoms with E-state index < -0.39 is 0 Å². The standard InChI is InChI=1S/C14H13BrN2O2S/c15-11-3-1-2-4-12(11)17-13(18)5-7-16-14(19)10-6-8-20-9-10/h1-4,6,8-9H,5,7H2,(H,16,19)(H,17,18). The number of benzene rings is 1. The highest BCUT2D eigenvalue weighted by Crippen LogP contribution is 2.21. The highest BCUT2D eigenvalue weighted by Gasteiger charge is 2.08. The number of rotatable bonds is 5. The van der Waals surface area contributed by atoms with Gasteiger partial charge in [-0.3, -0.25) is 9.59 Å². The summed E-state index contributed by atoms with van der Waals surface area (Å²) in [6.07, 6.45) is 0.233. The van der Waals surface area contributed by atoms with Gasteiger partial charge in [-0.05, 0) is 39.5 Å². The number of hydrogen-bond donors (Lipinski definition) is 2. The lowest BCUT2D eigenvalue weighted by Gasteiger charge is -2.07. The van der Waals surface area contributed by atoms with E-state index in [1.165, 1.54) is 11.3 Å². The molecule has 0 aliphatic heterocycles. The quantitative estimate of drug-likeness (QED) is 0.867. The zero-order chi connectivity index (χ0) is 14.4. The Labute approximate surface area is 129 Å². The van der Waals surface area contributed by atoms with Crippen LogP contribution in [0.4, 0.5) is 5.69 Å². The molecule has 0 aliphatic rings. The van der Waals surface area contributed by atoms with E-state index in [0.29, 0.717) is 12.1 Å². The van der Waals surface area contributed by atoms with E-state index in [4.69, 9.17) is 0 Å². The first-order valence-electron chi connectivity index (χ1n) is 6.01. The maximum absolute atomic E-state index is 11.8. The third-order valence-corrected chi connectivity index (χ3v) is 3.94. The smallest absolute Gasteiger partial charge is 0.252 e. The molecule has 1 heterocycles. The molecule has 0 bridgehead atoms. The van der Waals surface area contributed by atoms with Gasteiger partial charge in [-0.25, -0.2) is 0 Å². The Bertz CT molecular complexity index is 599. The molecule has 1 aromatic carbocycles. The molecular formula is C14H13BrN2O2S. The SMILES string of the molecule is O=C(CCNC(=O)c1ccsc1)Nc1ccccc1Br. The van der Waals surface area contributed by atoms with Crippen molar-refractivity contribution in [3.63, 3.8) is 0 Å². The number of nitrogens with one attached hydrogen (secondary N) is 2. The molecule has 6 heteroatoms. The van der Waals surface area contributed by atoms with E-state index in [0.717, 1.165) is 10.2 Å². The molecule has 104 valence electrons. The van der Waals surface area contributed by atoms with Gasteiger partial charge >= 0.3 is 0 Å². The fourth-order valence-electron chi connectivity index (χ4n) is 1.56. The fourth-order valence-corrected chi connectivity index (χ4v) is 2.58. The van der Waals surface area contributed by atoms with Gasteiger partial charge in [-0.1, -0.05) is 12.1 Å². The van der Waals surface area contributed by atoms with Crippen LogP contribution >= 0.6 is 27.3 Å². The number of amides is 2. The summed E-state index contributed by atoms with van der Waals surface area (Å²) < 4.78 is 0.829. The molecule has 4 nitrogen and oxygen atoms in total. The summed E-state index contributed by atoms with van der Waals surface area (Å²) in [5, 5.41) is 9.11. The Morgan fingerprint density at radius 2 is 2.00 bits per heavy atom. The number of thiophene rings is 1. The van der Waals surface area contributed by atoms with Crippen molar-refractivity contribution < 1.29 is 9.59 Å². The highest BCUT2D eigenvalue weighted by atomic mass is 79.9. The van der Waals surface area contributed by atoms with Gasteiger partial charge in [0.05, 0.1) is 5.69 Å². The highest BCUT2D eigenvalue weighted by molar-refractivity contribution is 9.10. The second-order valence-electron chi connectivity index (χ2n) is 4.05. The predicted molar refractivity (Wildman–Crippen MR) is 84.0 cm³/mol. The molecular weight excluding hydrogens is 340 g/mol. The minimum absolute atomic E-state index is 0.137. The Morgan fingerprint density at radius 1 is 1.20 bits per heavy atom. The third-order valence-electron chi connectivity index (χ3n) is 2.57. The van der Waals surface area contributed by atoms with E-state index >= 15 is 0 Å². The zero-order valence-corrected chi connectivity index (χ0v) is 13.0. The molecule has 0 saturated heterocycles. The van der Waals surface area contributed by atoms with E-state index in [-0.39, 0.29) is 18.2 Å². The lowest BCUT2D eigenvalue weighted by atomic mass is 10.3. The number of anilines is 1. The normalized spacial score (nSPS) is 10.1. The van der Waals surface area contributed by atoms with Crippen molar-refractivity contribution in [2.45, 2.75) is 6.42 Å². The van der Waals surface area contributed by atoms with Crippen LogP contribution in [0.2, 0.25) is 0 Å². The molecule has 0 spiro atoms. The summed E-state index contributed by atoms with van der Waals surface area (Å²) in [5.74, 6) is -0.289. The molecule has 20 heavy (non-hydrogen) atoms. The molecule has 2 amide bonds. The summed E-state index contributed by atoms with van der Waals surface area (Å²) in [5.41, 5.74) is 1.35. The molecule has 0 radical (unpaired) electrons. The minimum atomic E-state index is -0.153. The Morgan fingerprint density at radius 3 is 2.70 bits per heavy atom. The first-order valence-corrected chi connectivity index (χ1v) is 7.75. The summed E-state index contributed by atoms with van der Waals surface area (Å²) >= 11 is 4.82. The van der Waals surface area contributed by atoms with Crippen molar-refractivity contribution in [2.75, 3.05) is 11.9 Å².